The number of benzene rings is 1. The van der Waals surface area contributed by atoms with Crippen molar-refractivity contribution in [1.29, 1.82) is 0 Å². The molecule has 1 aliphatic heterocycles. The van der Waals surface area contributed by atoms with Gasteiger partial charge in [-0.15, -0.1) is 0 Å². The number of thioether (sulfide) groups is 1. The number of nitrogens with zero attached hydrogens (tertiary/aromatic N) is 1. The molecule has 1 saturated carbocycles. The molecule has 1 aliphatic carbocycles. The Morgan fingerprint density at radius 3 is 2.52 bits per heavy atom. The Morgan fingerprint density at radius 1 is 1.24 bits per heavy atom. The van der Waals surface area contributed by atoms with Crippen molar-refractivity contribution >= 4 is 23.6 Å². The van der Waals surface area contributed by atoms with E-state index in [-0.39, 0.29) is 30.2 Å². The van der Waals surface area contributed by atoms with Crippen molar-refractivity contribution in [1.82, 2.24) is 4.90 Å². The van der Waals surface area contributed by atoms with Gasteiger partial charge in [-0.25, -0.2) is 0 Å². The molecule has 136 valence electrons. The summed E-state index contributed by atoms with van der Waals surface area (Å²) in [6.07, 6.45) is -3.84. The summed E-state index contributed by atoms with van der Waals surface area (Å²) in [5, 5.41) is 9.00. The molecular formula is C17H18F3NO3S. The van der Waals surface area contributed by atoms with E-state index in [0.29, 0.717) is 18.7 Å². The van der Waals surface area contributed by atoms with Crippen LogP contribution in [0.2, 0.25) is 0 Å². The number of amides is 1. The van der Waals surface area contributed by atoms with Gasteiger partial charge in [0.05, 0.1) is 18.0 Å². The first kappa shape index (κ1) is 18.1. The Morgan fingerprint density at radius 2 is 1.92 bits per heavy atom. The van der Waals surface area contributed by atoms with Crippen LogP contribution < -0.4 is 0 Å². The first-order valence-corrected chi connectivity index (χ1v) is 9.20. The summed E-state index contributed by atoms with van der Waals surface area (Å²) in [5.74, 6) is 0.0534. The average molecular weight is 373 g/mol. The lowest BCUT2D eigenvalue weighted by Gasteiger charge is -2.35. The van der Waals surface area contributed by atoms with E-state index in [0.717, 1.165) is 23.4 Å². The zero-order valence-corrected chi connectivity index (χ0v) is 14.1. The van der Waals surface area contributed by atoms with Gasteiger partial charge in [0.2, 0.25) is 5.91 Å². The highest BCUT2D eigenvalue weighted by Gasteiger charge is 2.47. The molecule has 1 saturated heterocycles. The summed E-state index contributed by atoms with van der Waals surface area (Å²) >= 11 is 1.64. The summed E-state index contributed by atoms with van der Waals surface area (Å²) in [4.78, 5) is 25.3. The third-order valence-electron chi connectivity index (χ3n) is 4.69. The zero-order valence-electron chi connectivity index (χ0n) is 13.3. The second kappa shape index (κ2) is 6.90. The lowest BCUT2D eigenvalue weighted by molar-refractivity contribution is -0.141. The fourth-order valence-electron chi connectivity index (χ4n) is 3.28. The van der Waals surface area contributed by atoms with Gasteiger partial charge in [-0.2, -0.15) is 24.9 Å². The van der Waals surface area contributed by atoms with Gasteiger partial charge >= 0.3 is 12.1 Å². The van der Waals surface area contributed by atoms with E-state index in [4.69, 9.17) is 5.11 Å². The maximum Gasteiger partial charge on any atom is 0.416 e. The topological polar surface area (TPSA) is 57.6 Å². The number of carboxylic acid groups (broad SMARTS) is 1. The van der Waals surface area contributed by atoms with E-state index < -0.39 is 17.7 Å². The van der Waals surface area contributed by atoms with Crippen molar-refractivity contribution in [3.8, 4) is 0 Å². The normalized spacial score (nSPS) is 26.4. The number of carboxylic acids is 1. The Bertz CT molecular complexity index is 662. The Labute approximate surface area is 147 Å². The first-order valence-electron chi connectivity index (χ1n) is 8.04. The van der Waals surface area contributed by atoms with Gasteiger partial charge in [-0.1, -0.05) is 12.1 Å². The lowest BCUT2D eigenvalue weighted by atomic mass is 10.1. The van der Waals surface area contributed by atoms with Crippen LogP contribution in [0.4, 0.5) is 13.2 Å². The van der Waals surface area contributed by atoms with Crippen molar-refractivity contribution in [2.24, 2.45) is 5.92 Å². The standard InChI is InChI=1S/C17H18F3NO3S/c18-17(19,20)11-3-1-10(2-4-11)13-8-14(13)16(24)21-5-6-25-9-12(21)7-15(22)23/h1-4,12-14H,5-9H2,(H,22,23). The van der Waals surface area contributed by atoms with Crippen molar-refractivity contribution in [2.45, 2.75) is 31.0 Å². The van der Waals surface area contributed by atoms with Gasteiger partial charge in [0.25, 0.3) is 0 Å². The molecule has 3 atom stereocenters. The van der Waals surface area contributed by atoms with Crippen molar-refractivity contribution < 1.29 is 27.9 Å². The third kappa shape index (κ3) is 4.11. The van der Waals surface area contributed by atoms with Gasteiger partial charge in [-0.05, 0) is 30.0 Å². The minimum atomic E-state index is -4.37. The fourth-order valence-corrected chi connectivity index (χ4v) is 4.35. The predicted molar refractivity (Wildman–Crippen MR) is 87.4 cm³/mol. The lowest BCUT2D eigenvalue weighted by Crippen LogP contribution is -2.47. The highest BCUT2D eigenvalue weighted by molar-refractivity contribution is 7.99. The smallest absolute Gasteiger partial charge is 0.416 e. The summed E-state index contributed by atoms with van der Waals surface area (Å²) in [7, 11) is 0. The van der Waals surface area contributed by atoms with E-state index in [1.54, 1.807) is 16.7 Å². The summed E-state index contributed by atoms with van der Waals surface area (Å²) in [6.45, 7) is 0.525. The van der Waals surface area contributed by atoms with Crippen LogP contribution in [0.3, 0.4) is 0 Å². The van der Waals surface area contributed by atoms with Crippen LogP contribution in [0, 0.1) is 5.92 Å². The van der Waals surface area contributed by atoms with Crippen LogP contribution >= 0.6 is 11.8 Å². The summed E-state index contributed by atoms with van der Waals surface area (Å²) in [6, 6.07) is 4.64. The molecule has 0 radical (unpaired) electrons. The van der Waals surface area contributed by atoms with E-state index in [1.807, 2.05) is 0 Å². The van der Waals surface area contributed by atoms with Gasteiger partial charge in [0, 0.05) is 24.0 Å². The number of halogens is 3. The molecule has 3 rings (SSSR count). The number of rotatable bonds is 4. The number of hydrogen-bond acceptors (Lipinski definition) is 3. The van der Waals surface area contributed by atoms with Gasteiger partial charge in [-0.3, -0.25) is 9.59 Å². The van der Waals surface area contributed by atoms with E-state index >= 15 is 0 Å². The van der Waals surface area contributed by atoms with Crippen LogP contribution in [-0.4, -0.2) is 46.0 Å². The van der Waals surface area contributed by atoms with Crippen LogP contribution in [0.5, 0.6) is 0 Å². The Hall–Kier alpha value is -1.70. The molecule has 0 aromatic heterocycles. The van der Waals surface area contributed by atoms with Gasteiger partial charge in [0.15, 0.2) is 0 Å². The molecule has 2 fully saturated rings. The Kier molecular flexibility index (Phi) is 4.99. The number of alkyl halides is 3. The highest BCUT2D eigenvalue weighted by Crippen LogP contribution is 2.49. The van der Waals surface area contributed by atoms with Crippen LogP contribution in [-0.2, 0) is 15.8 Å². The van der Waals surface area contributed by atoms with Crippen molar-refractivity contribution in [3.63, 3.8) is 0 Å². The van der Waals surface area contributed by atoms with Gasteiger partial charge < -0.3 is 10.0 Å². The zero-order chi connectivity index (χ0) is 18.2. The molecule has 1 heterocycles. The second-order valence-corrected chi connectivity index (χ2v) is 7.58. The molecular weight excluding hydrogens is 355 g/mol. The molecule has 1 N–H and O–H groups in total. The molecule has 1 aromatic rings. The maximum atomic E-state index is 12.7. The fraction of sp³-hybridized carbons (Fsp3) is 0.529. The van der Waals surface area contributed by atoms with Crippen molar-refractivity contribution in [3.05, 3.63) is 35.4 Å². The van der Waals surface area contributed by atoms with Crippen LogP contribution in [0.15, 0.2) is 24.3 Å². The van der Waals surface area contributed by atoms with Gasteiger partial charge in [0.1, 0.15) is 0 Å². The minimum absolute atomic E-state index is 0.0727. The molecule has 3 unspecified atom stereocenters. The van der Waals surface area contributed by atoms with Crippen molar-refractivity contribution in [2.75, 3.05) is 18.1 Å². The second-order valence-electron chi connectivity index (χ2n) is 6.43. The molecule has 25 heavy (non-hydrogen) atoms. The number of carbonyl (C=O) groups is 2. The summed E-state index contributed by atoms with van der Waals surface area (Å²) in [5.41, 5.74) is 0.0295. The molecule has 1 amide bonds. The number of aliphatic carboxylic acids is 1. The Balaban J connectivity index is 1.65. The quantitative estimate of drug-likeness (QED) is 0.880. The number of carbonyl (C=O) groups excluding carboxylic acids is 1. The number of hydrogen-bond donors (Lipinski definition) is 1. The molecule has 8 heteroatoms. The SMILES string of the molecule is O=C(O)CC1CSCCN1C(=O)C1CC1c1ccc(C(F)(F)F)cc1. The van der Waals surface area contributed by atoms with E-state index in [1.165, 1.54) is 12.1 Å². The largest absolute Gasteiger partial charge is 0.481 e. The first-order chi connectivity index (χ1) is 11.8. The predicted octanol–water partition coefficient (Wildman–Crippen LogP) is 3.23. The minimum Gasteiger partial charge on any atom is -0.481 e. The highest BCUT2D eigenvalue weighted by atomic mass is 32.2. The van der Waals surface area contributed by atoms with E-state index in [2.05, 4.69) is 0 Å². The molecule has 0 bridgehead atoms. The maximum absolute atomic E-state index is 12.7. The molecule has 1 aromatic carbocycles. The van der Waals surface area contributed by atoms with Crippen LogP contribution in [0.25, 0.3) is 0 Å². The molecule has 2 aliphatic rings. The molecule has 0 spiro atoms. The van der Waals surface area contributed by atoms with E-state index in [9.17, 15) is 22.8 Å². The third-order valence-corrected chi connectivity index (χ3v) is 5.79. The summed E-state index contributed by atoms with van der Waals surface area (Å²) < 4.78 is 37.9. The average Bonchev–Trinajstić information content (AvgIpc) is 3.34. The monoisotopic (exact) mass is 373 g/mol. The molecule has 4 nitrogen and oxygen atoms in total. The van der Waals surface area contributed by atoms with Crippen LogP contribution in [0.1, 0.15) is 29.9 Å².